The molecule has 0 radical (unpaired) electrons. The third-order valence-electron chi connectivity index (χ3n) is 5.26. The van der Waals surface area contributed by atoms with Gasteiger partial charge in [-0.1, -0.05) is 19.9 Å². The van der Waals surface area contributed by atoms with E-state index in [0.717, 1.165) is 24.6 Å². The molecule has 1 aromatic heterocycles. The van der Waals surface area contributed by atoms with Crippen molar-refractivity contribution in [1.29, 1.82) is 0 Å². The van der Waals surface area contributed by atoms with Crippen LogP contribution < -0.4 is 5.32 Å². The highest BCUT2D eigenvalue weighted by molar-refractivity contribution is 7.89. The number of nitrogens with zero attached hydrogens (tertiary/aromatic N) is 3. The SMILES string of the molecule is CCC(CC)NC(=O)COC(=O)[C@@H]1CCCCN1S(=O)(=O)c1cccc2nsnc12. The molecule has 3 rings (SSSR count). The molecule has 1 atom stereocenters. The van der Waals surface area contributed by atoms with E-state index in [4.69, 9.17) is 4.74 Å². The van der Waals surface area contributed by atoms with Crippen LogP contribution in [0.1, 0.15) is 46.0 Å². The van der Waals surface area contributed by atoms with Crippen LogP contribution in [0.4, 0.5) is 0 Å². The van der Waals surface area contributed by atoms with Crippen LogP contribution in [0.5, 0.6) is 0 Å². The maximum absolute atomic E-state index is 13.4. The lowest BCUT2D eigenvalue weighted by atomic mass is 10.1. The molecule has 1 fully saturated rings. The van der Waals surface area contributed by atoms with Crippen LogP contribution in [-0.2, 0) is 24.3 Å². The average Bonchev–Trinajstić information content (AvgIpc) is 3.24. The van der Waals surface area contributed by atoms with Crippen LogP contribution in [-0.4, -0.2) is 58.6 Å². The number of fused-ring (bicyclic) bond motifs is 1. The molecule has 0 saturated carbocycles. The Hall–Kier alpha value is -2.11. The molecule has 1 N–H and O–H groups in total. The molecular weight excluding hydrogens is 428 g/mol. The number of aromatic nitrogens is 2. The number of benzene rings is 1. The van der Waals surface area contributed by atoms with Gasteiger partial charge < -0.3 is 10.1 Å². The molecule has 164 valence electrons. The highest BCUT2D eigenvalue weighted by Gasteiger charge is 2.39. The van der Waals surface area contributed by atoms with Crippen molar-refractivity contribution in [1.82, 2.24) is 18.4 Å². The van der Waals surface area contributed by atoms with Crippen molar-refractivity contribution in [3.8, 4) is 0 Å². The van der Waals surface area contributed by atoms with E-state index in [1.807, 2.05) is 13.8 Å². The van der Waals surface area contributed by atoms with Crippen molar-refractivity contribution in [3.63, 3.8) is 0 Å². The summed E-state index contributed by atoms with van der Waals surface area (Å²) < 4.78 is 41.3. The number of carbonyl (C=O) groups is 2. The highest BCUT2D eigenvalue weighted by Crippen LogP contribution is 2.29. The van der Waals surface area contributed by atoms with E-state index in [1.54, 1.807) is 12.1 Å². The van der Waals surface area contributed by atoms with E-state index >= 15 is 0 Å². The Kier molecular flexibility index (Phi) is 7.37. The summed E-state index contributed by atoms with van der Waals surface area (Å²) in [5.74, 6) is -1.10. The molecular formula is C19H26N4O5S2. The largest absolute Gasteiger partial charge is 0.454 e. The summed E-state index contributed by atoms with van der Waals surface area (Å²) in [4.78, 5) is 24.8. The number of carbonyl (C=O) groups excluding carboxylic acids is 2. The van der Waals surface area contributed by atoms with Gasteiger partial charge in [-0.3, -0.25) is 9.59 Å². The van der Waals surface area contributed by atoms with Gasteiger partial charge in [0.2, 0.25) is 10.0 Å². The number of nitrogens with one attached hydrogen (secondary N) is 1. The summed E-state index contributed by atoms with van der Waals surface area (Å²) in [6.45, 7) is 3.70. The molecule has 0 bridgehead atoms. The number of hydrogen-bond donors (Lipinski definition) is 1. The molecule has 1 aliphatic rings. The average molecular weight is 455 g/mol. The number of rotatable bonds is 8. The number of esters is 1. The van der Waals surface area contributed by atoms with Gasteiger partial charge in [-0.15, -0.1) is 0 Å². The molecule has 0 unspecified atom stereocenters. The van der Waals surface area contributed by atoms with Gasteiger partial charge in [-0.25, -0.2) is 8.42 Å². The fourth-order valence-electron chi connectivity index (χ4n) is 3.54. The maximum atomic E-state index is 13.4. The lowest BCUT2D eigenvalue weighted by Gasteiger charge is -2.33. The molecule has 2 aromatic rings. The molecule has 30 heavy (non-hydrogen) atoms. The van der Waals surface area contributed by atoms with Crippen LogP contribution in [0, 0.1) is 0 Å². The van der Waals surface area contributed by atoms with Gasteiger partial charge in [0.1, 0.15) is 22.0 Å². The Morgan fingerprint density at radius 1 is 1.27 bits per heavy atom. The minimum absolute atomic E-state index is 0.0231. The summed E-state index contributed by atoms with van der Waals surface area (Å²) in [5.41, 5.74) is 0.792. The van der Waals surface area contributed by atoms with Crippen molar-refractivity contribution < 1.29 is 22.7 Å². The predicted molar refractivity (Wildman–Crippen MR) is 112 cm³/mol. The first-order chi connectivity index (χ1) is 14.4. The summed E-state index contributed by atoms with van der Waals surface area (Å²) >= 11 is 0.938. The quantitative estimate of drug-likeness (QED) is 0.607. The Morgan fingerprint density at radius 3 is 2.77 bits per heavy atom. The van der Waals surface area contributed by atoms with Crippen molar-refractivity contribution >= 4 is 44.7 Å². The maximum Gasteiger partial charge on any atom is 0.324 e. The van der Waals surface area contributed by atoms with Crippen molar-refractivity contribution in [3.05, 3.63) is 18.2 Å². The van der Waals surface area contributed by atoms with Crippen LogP contribution in [0.3, 0.4) is 0 Å². The Bertz CT molecular complexity index is 1000. The Labute approximate surface area is 180 Å². The van der Waals surface area contributed by atoms with Crippen molar-refractivity contribution in [2.45, 2.75) is 62.9 Å². The standard InChI is InChI=1S/C19H26N4O5S2/c1-3-13(4-2)20-17(24)12-28-19(25)15-9-5-6-11-23(15)30(26,27)16-10-7-8-14-18(16)22-29-21-14/h7-8,10,13,15H,3-6,9,11-12H2,1-2H3,(H,20,24)/t15-/m0/s1. The van der Waals surface area contributed by atoms with Gasteiger partial charge in [-0.2, -0.15) is 13.1 Å². The fourth-order valence-corrected chi connectivity index (χ4v) is 5.94. The Morgan fingerprint density at radius 2 is 2.03 bits per heavy atom. The lowest BCUT2D eigenvalue weighted by Crippen LogP contribution is -2.49. The molecule has 1 aromatic carbocycles. The molecule has 1 amide bonds. The number of amides is 1. The van der Waals surface area contributed by atoms with Gasteiger partial charge in [0, 0.05) is 12.6 Å². The fraction of sp³-hybridized carbons (Fsp3) is 0.579. The first kappa shape index (κ1) is 22.6. The zero-order valence-electron chi connectivity index (χ0n) is 17.0. The monoisotopic (exact) mass is 454 g/mol. The van der Waals surface area contributed by atoms with Gasteiger partial charge in [0.15, 0.2) is 6.61 Å². The Balaban J connectivity index is 1.75. The molecule has 0 spiro atoms. The smallest absolute Gasteiger partial charge is 0.324 e. The number of hydrogen-bond acceptors (Lipinski definition) is 8. The second-order valence-corrected chi connectivity index (χ2v) is 9.59. The minimum Gasteiger partial charge on any atom is -0.454 e. The molecule has 2 heterocycles. The van der Waals surface area contributed by atoms with Crippen LogP contribution in [0.2, 0.25) is 0 Å². The topological polar surface area (TPSA) is 119 Å². The lowest BCUT2D eigenvalue weighted by molar-refractivity contribution is -0.153. The second kappa shape index (κ2) is 9.80. The number of sulfonamides is 1. The van der Waals surface area contributed by atoms with Gasteiger partial charge >= 0.3 is 5.97 Å². The van der Waals surface area contributed by atoms with Crippen molar-refractivity contribution in [2.75, 3.05) is 13.2 Å². The van der Waals surface area contributed by atoms with E-state index < -0.39 is 28.6 Å². The normalized spacial score (nSPS) is 17.9. The van der Waals surface area contributed by atoms with Crippen LogP contribution in [0.25, 0.3) is 11.0 Å². The van der Waals surface area contributed by atoms with Gasteiger partial charge in [0.05, 0.1) is 11.7 Å². The van der Waals surface area contributed by atoms with E-state index in [2.05, 4.69) is 14.1 Å². The van der Waals surface area contributed by atoms with E-state index in [1.165, 1.54) is 10.4 Å². The molecule has 11 heteroatoms. The molecule has 0 aliphatic carbocycles. The minimum atomic E-state index is -3.98. The second-order valence-electron chi connectivity index (χ2n) is 7.20. The van der Waals surface area contributed by atoms with Gasteiger partial charge in [0.25, 0.3) is 5.91 Å². The van der Waals surface area contributed by atoms with E-state index in [-0.39, 0.29) is 23.4 Å². The van der Waals surface area contributed by atoms with Crippen molar-refractivity contribution in [2.24, 2.45) is 0 Å². The zero-order chi connectivity index (χ0) is 21.7. The van der Waals surface area contributed by atoms with E-state index in [0.29, 0.717) is 30.3 Å². The first-order valence-corrected chi connectivity index (χ1v) is 12.2. The molecule has 1 aliphatic heterocycles. The predicted octanol–water partition coefficient (Wildman–Crippen LogP) is 2.08. The summed E-state index contributed by atoms with van der Waals surface area (Å²) in [5, 5.41) is 2.80. The summed E-state index contributed by atoms with van der Waals surface area (Å²) in [6, 6.07) is 3.83. The summed E-state index contributed by atoms with van der Waals surface area (Å²) in [7, 11) is -3.98. The number of ether oxygens (including phenoxy) is 1. The van der Waals surface area contributed by atoms with Crippen LogP contribution in [0.15, 0.2) is 23.1 Å². The number of piperidine rings is 1. The summed E-state index contributed by atoms with van der Waals surface area (Å²) in [6.07, 6.45) is 3.25. The third kappa shape index (κ3) is 4.79. The highest BCUT2D eigenvalue weighted by atomic mass is 32.2. The molecule has 1 saturated heterocycles. The van der Waals surface area contributed by atoms with Crippen LogP contribution >= 0.6 is 11.7 Å². The van der Waals surface area contributed by atoms with Gasteiger partial charge in [-0.05, 0) is 44.2 Å². The zero-order valence-corrected chi connectivity index (χ0v) is 18.7. The third-order valence-corrected chi connectivity index (χ3v) is 7.74. The molecule has 9 nitrogen and oxygen atoms in total. The van der Waals surface area contributed by atoms with E-state index in [9.17, 15) is 18.0 Å². The first-order valence-electron chi connectivity index (χ1n) is 10.1.